The minimum Gasteiger partial charge on any atom is -0.494 e. The van der Waals surface area contributed by atoms with E-state index in [0.29, 0.717) is 13.2 Å². The molecule has 26 heavy (non-hydrogen) atoms. The van der Waals surface area contributed by atoms with Gasteiger partial charge in [-0.2, -0.15) is 0 Å². The zero-order valence-electron chi connectivity index (χ0n) is 16.4. The summed E-state index contributed by atoms with van der Waals surface area (Å²) in [5.41, 5.74) is 7.82. The first-order valence-corrected chi connectivity index (χ1v) is 9.95. The van der Waals surface area contributed by atoms with Gasteiger partial charge in [-0.3, -0.25) is 4.79 Å². The van der Waals surface area contributed by atoms with Crippen molar-refractivity contribution in [1.82, 2.24) is 5.32 Å². The molecule has 0 aromatic heterocycles. The average Bonchev–Trinajstić information content (AvgIpc) is 3.28. The largest absolute Gasteiger partial charge is 0.494 e. The molecular formula is C21H32N2O3. The van der Waals surface area contributed by atoms with Crippen molar-refractivity contribution in [2.75, 3.05) is 13.2 Å². The van der Waals surface area contributed by atoms with Crippen LogP contribution < -0.4 is 20.5 Å². The van der Waals surface area contributed by atoms with Gasteiger partial charge in [-0.05, 0) is 45.2 Å². The normalized spacial score (nSPS) is 24.0. The number of amides is 1. The van der Waals surface area contributed by atoms with Gasteiger partial charge in [0.1, 0.15) is 17.6 Å². The van der Waals surface area contributed by atoms with Crippen LogP contribution in [0.15, 0.2) is 12.1 Å². The fourth-order valence-corrected chi connectivity index (χ4v) is 4.00. The van der Waals surface area contributed by atoms with Crippen LogP contribution in [-0.4, -0.2) is 31.2 Å². The molecule has 1 fully saturated rings. The van der Waals surface area contributed by atoms with Crippen molar-refractivity contribution in [3.63, 3.8) is 0 Å². The molecule has 1 heterocycles. The van der Waals surface area contributed by atoms with Crippen LogP contribution in [0, 0.1) is 5.41 Å². The molecule has 0 spiro atoms. The van der Waals surface area contributed by atoms with Crippen molar-refractivity contribution in [2.45, 2.75) is 71.4 Å². The lowest BCUT2D eigenvalue weighted by atomic mass is 9.81. The fourth-order valence-electron chi connectivity index (χ4n) is 4.00. The van der Waals surface area contributed by atoms with E-state index in [2.05, 4.69) is 24.4 Å². The summed E-state index contributed by atoms with van der Waals surface area (Å²) in [7, 11) is 0. The van der Waals surface area contributed by atoms with Gasteiger partial charge in [0, 0.05) is 36.1 Å². The molecule has 3 N–H and O–H groups in total. The molecule has 0 radical (unpaired) electrons. The topological polar surface area (TPSA) is 73.6 Å². The third-order valence-corrected chi connectivity index (χ3v) is 6.06. The molecule has 1 saturated carbocycles. The van der Waals surface area contributed by atoms with Gasteiger partial charge >= 0.3 is 0 Å². The minimum absolute atomic E-state index is 0.0847. The SMILES string of the molecule is CCOc1cc2c(cc1C1CC1NC(=O)C(CC)(CC)CN)OC(C)C2. The second-order valence-corrected chi connectivity index (χ2v) is 7.68. The van der Waals surface area contributed by atoms with Gasteiger partial charge in [0.2, 0.25) is 5.91 Å². The van der Waals surface area contributed by atoms with Crippen LogP contribution in [0.2, 0.25) is 0 Å². The molecule has 1 aromatic rings. The van der Waals surface area contributed by atoms with Gasteiger partial charge in [0.15, 0.2) is 0 Å². The van der Waals surface area contributed by atoms with Crippen LogP contribution in [0.4, 0.5) is 0 Å². The lowest BCUT2D eigenvalue weighted by Crippen LogP contribution is -2.46. The van der Waals surface area contributed by atoms with Crippen LogP contribution in [0.3, 0.4) is 0 Å². The molecule has 5 nitrogen and oxygen atoms in total. The van der Waals surface area contributed by atoms with Gasteiger partial charge < -0.3 is 20.5 Å². The summed E-state index contributed by atoms with van der Waals surface area (Å²) >= 11 is 0. The molecule has 1 aliphatic heterocycles. The summed E-state index contributed by atoms with van der Waals surface area (Å²) in [6.45, 7) is 9.17. The summed E-state index contributed by atoms with van der Waals surface area (Å²) in [5, 5.41) is 3.23. The van der Waals surface area contributed by atoms with Gasteiger partial charge in [-0.25, -0.2) is 0 Å². The number of nitrogens with two attached hydrogens (primary N) is 1. The molecule has 0 saturated heterocycles. The van der Waals surface area contributed by atoms with E-state index in [0.717, 1.165) is 42.7 Å². The predicted molar refractivity (Wildman–Crippen MR) is 103 cm³/mol. The number of fused-ring (bicyclic) bond motifs is 1. The second-order valence-electron chi connectivity index (χ2n) is 7.68. The molecule has 144 valence electrons. The zero-order valence-corrected chi connectivity index (χ0v) is 16.4. The van der Waals surface area contributed by atoms with Crippen molar-refractivity contribution < 1.29 is 14.3 Å². The van der Waals surface area contributed by atoms with Gasteiger partial charge in [-0.1, -0.05) is 13.8 Å². The molecule has 3 atom stereocenters. The third-order valence-electron chi connectivity index (χ3n) is 6.06. The summed E-state index contributed by atoms with van der Waals surface area (Å²) in [6.07, 6.45) is 3.60. The van der Waals surface area contributed by atoms with E-state index in [1.165, 1.54) is 5.56 Å². The Morgan fingerprint density at radius 1 is 1.35 bits per heavy atom. The lowest BCUT2D eigenvalue weighted by molar-refractivity contribution is -0.131. The first kappa shape index (κ1) is 19.0. The molecule has 0 bridgehead atoms. The maximum absolute atomic E-state index is 12.8. The van der Waals surface area contributed by atoms with Crippen LogP contribution in [0.25, 0.3) is 0 Å². The first-order valence-electron chi connectivity index (χ1n) is 9.95. The van der Waals surface area contributed by atoms with E-state index >= 15 is 0 Å². The number of carbonyl (C=O) groups is 1. The quantitative estimate of drug-likeness (QED) is 0.747. The van der Waals surface area contributed by atoms with E-state index in [-0.39, 0.29) is 24.0 Å². The van der Waals surface area contributed by atoms with Crippen LogP contribution in [-0.2, 0) is 11.2 Å². The number of nitrogens with one attached hydrogen (secondary N) is 1. The Morgan fingerprint density at radius 2 is 2.08 bits per heavy atom. The smallest absolute Gasteiger partial charge is 0.227 e. The molecule has 1 aromatic carbocycles. The molecule has 2 aliphatic rings. The van der Waals surface area contributed by atoms with Crippen molar-refractivity contribution >= 4 is 5.91 Å². The maximum Gasteiger partial charge on any atom is 0.227 e. The third kappa shape index (κ3) is 3.41. The van der Waals surface area contributed by atoms with E-state index < -0.39 is 5.41 Å². The minimum atomic E-state index is -0.452. The Morgan fingerprint density at radius 3 is 2.69 bits per heavy atom. The zero-order chi connectivity index (χ0) is 18.9. The van der Waals surface area contributed by atoms with Crippen molar-refractivity contribution in [2.24, 2.45) is 11.1 Å². The van der Waals surface area contributed by atoms with E-state index in [1.54, 1.807) is 0 Å². The number of hydrogen-bond donors (Lipinski definition) is 2. The van der Waals surface area contributed by atoms with Gasteiger partial charge in [0.25, 0.3) is 0 Å². The lowest BCUT2D eigenvalue weighted by Gasteiger charge is -2.28. The Hall–Kier alpha value is -1.75. The molecule has 1 amide bonds. The molecular weight excluding hydrogens is 328 g/mol. The fraction of sp³-hybridized carbons (Fsp3) is 0.667. The number of carbonyl (C=O) groups excluding carboxylic acids is 1. The second kappa shape index (κ2) is 7.47. The summed E-state index contributed by atoms with van der Waals surface area (Å²) < 4.78 is 11.8. The van der Waals surface area contributed by atoms with E-state index in [4.69, 9.17) is 15.2 Å². The molecule has 5 heteroatoms. The summed E-state index contributed by atoms with van der Waals surface area (Å²) in [5.74, 6) is 2.27. The van der Waals surface area contributed by atoms with Crippen molar-refractivity contribution in [1.29, 1.82) is 0 Å². The first-order chi connectivity index (χ1) is 12.5. The summed E-state index contributed by atoms with van der Waals surface area (Å²) in [6, 6.07) is 4.40. The van der Waals surface area contributed by atoms with Crippen LogP contribution in [0.1, 0.15) is 64.0 Å². The van der Waals surface area contributed by atoms with Gasteiger partial charge in [-0.15, -0.1) is 0 Å². The molecule has 3 rings (SSSR count). The Labute approximate surface area is 156 Å². The highest BCUT2D eigenvalue weighted by atomic mass is 16.5. The Bertz CT molecular complexity index is 661. The van der Waals surface area contributed by atoms with Gasteiger partial charge in [0.05, 0.1) is 12.0 Å². The average molecular weight is 360 g/mol. The van der Waals surface area contributed by atoms with E-state index in [9.17, 15) is 4.79 Å². The number of rotatable bonds is 8. The standard InChI is InChI=1S/C21H32N2O3/c1-5-21(6-2,12-22)20(24)23-17-10-15(17)16-11-18-14(8-13(4)26-18)9-19(16)25-7-3/h9,11,13,15,17H,5-8,10,12,22H2,1-4H3,(H,23,24). The Kier molecular flexibility index (Phi) is 5.47. The van der Waals surface area contributed by atoms with Crippen LogP contribution >= 0.6 is 0 Å². The molecule has 1 aliphatic carbocycles. The monoisotopic (exact) mass is 360 g/mol. The number of benzene rings is 1. The highest BCUT2D eigenvalue weighted by molar-refractivity contribution is 5.83. The summed E-state index contributed by atoms with van der Waals surface area (Å²) in [4.78, 5) is 12.8. The maximum atomic E-state index is 12.8. The number of hydrogen-bond acceptors (Lipinski definition) is 4. The van der Waals surface area contributed by atoms with E-state index in [1.807, 2.05) is 20.8 Å². The van der Waals surface area contributed by atoms with Crippen molar-refractivity contribution in [3.8, 4) is 11.5 Å². The molecule has 3 unspecified atom stereocenters. The predicted octanol–water partition coefficient (Wildman–Crippen LogP) is 3.15. The Balaban J connectivity index is 1.75. The number of ether oxygens (including phenoxy) is 2. The van der Waals surface area contributed by atoms with Crippen LogP contribution in [0.5, 0.6) is 11.5 Å². The highest BCUT2D eigenvalue weighted by Crippen LogP contribution is 2.48. The highest BCUT2D eigenvalue weighted by Gasteiger charge is 2.45. The van der Waals surface area contributed by atoms with Crippen molar-refractivity contribution in [3.05, 3.63) is 23.3 Å².